The summed E-state index contributed by atoms with van der Waals surface area (Å²) in [7, 11) is 0. The molecule has 0 aromatic rings. The predicted octanol–water partition coefficient (Wildman–Crippen LogP) is 2.02. The maximum Gasteiger partial charge on any atom is 0.0149 e. The van der Waals surface area contributed by atoms with Gasteiger partial charge in [0.2, 0.25) is 0 Å². The van der Waals surface area contributed by atoms with Crippen molar-refractivity contribution < 1.29 is 0 Å². The molecule has 1 fully saturated rings. The standard InChI is InChI=1S/C6H10S2/c1-6-4-7-2-3-8-5-6/h1-5H2. The SMILES string of the molecule is C=C1CSCCSC1. The smallest absolute Gasteiger partial charge is 0.0149 e. The summed E-state index contributed by atoms with van der Waals surface area (Å²) < 4.78 is 0. The summed E-state index contributed by atoms with van der Waals surface area (Å²) in [4.78, 5) is 0. The lowest BCUT2D eigenvalue weighted by atomic mass is 10.4. The molecular formula is C6H10S2. The van der Waals surface area contributed by atoms with Crippen molar-refractivity contribution in [2.24, 2.45) is 0 Å². The fourth-order valence-corrected chi connectivity index (χ4v) is 2.73. The Morgan fingerprint density at radius 1 is 1.12 bits per heavy atom. The van der Waals surface area contributed by atoms with E-state index in [1.807, 2.05) is 23.5 Å². The molecule has 0 nitrogen and oxygen atoms in total. The van der Waals surface area contributed by atoms with Gasteiger partial charge in [-0.3, -0.25) is 0 Å². The van der Waals surface area contributed by atoms with Crippen LogP contribution in [0.15, 0.2) is 12.2 Å². The van der Waals surface area contributed by atoms with Crippen LogP contribution in [-0.4, -0.2) is 23.0 Å². The first-order chi connectivity index (χ1) is 3.89. The van der Waals surface area contributed by atoms with Crippen molar-refractivity contribution in [2.45, 2.75) is 0 Å². The van der Waals surface area contributed by atoms with Crippen LogP contribution in [0.5, 0.6) is 0 Å². The Morgan fingerprint density at radius 3 is 2.12 bits per heavy atom. The van der Waals surface area contributed by atoms with Gasteiger partial charge in [0, 0.05) is 23.0 Å². The van der Waals surface area contributed by atoms with Gasteiger partial charge in [-0.1, -0.05) is 12.2 Å². The van der Waals surface area contributed by atoms with Gasteiger partial charge in [0.25, 0.3) is 0 Å². The van der Waals surface area contributed by atoms with Crippen molar-refractivity contribution >= 4 is 23.5 Å². The average Bonchev–Trinajstić information content (AvgIpc) is 1.94. The number of hydrogen-bond acceptors (Lipinski definition) is 2. The van der Waals surface area contributed by atoms with Crippen molar-refractivity contribution in [3.63, 3.8) is 0 Å². The summed E-state index contributed by atoms with van der Waals surface area (Å²) >= 11 is 4.01. The number of hydrogen-bond donors (Lipinski definition) is 0. The average molecular weight is 146 g/mol. The number of rotatable bonds is 0. The highest BCUT2D eigenvalue weighted by Crippen LogP contribution is 2.18. The van der Waals surface area contributed by atoms with Crippen LogP contribution >= 0.6 is 23.5 Å². The molecule has 8 heavy (non-hydrogen) atoms. The molecule has 1 rings (SSSR count). The van der Waals surface area contributed by atoms with E-state index < -0.39 is 0 Å². The van der Waals surface area contributed by atoms with Gasteiger partial charge in [0.05, 0.1) is 0 Å². The second-order valence-electron chi connectivity index (χ2n) is 1.86. The molecule has 0 spiro atoms. The largest absolute Gasteiger partial charge is 0.157 e. The van der Waals surface area contributed by atoms with E-state index in [2.05, 4.69) is 6.58 Å². The van der Waals surface area contributed by atoms with Gasteiger partial charge in [-0.15, -0.1) is 0 Å². The Labute approximate surface area is 59.1 Å². The molecule has 1 heterocycles. The number of thioether (sulfide) groups is 2. The van der Waals surface area contributed by atoms with Gasteiger partial charge < -0.3 is 0 Å². The summed E-state index contributed by atoms with van der Waals surface area (Å²) in [5, 5.41) is 0. The first-order valence-corrected chi connectivity index (χ1v) is 5.02. The van der Waals surface area contributed by atoms with E-state index in [-0.39, 0.29) is 0 Å². The lowest BCUT2D eigenvalue weighted by Gasteiger charge is -1.93. The Morgan fingerprint density at radius 2 is 1.62 bits per heavy atom. The molecule has 2 heteroatoms. The van der Waals surface area contributed by atoms with Crippen molar-refractivity contribution in [3.8, 4) is 0 Å². The predicted molar refractivity (Wildman–Crippen MR) is 43.8 cm³/mol. The van der Waals surface area contributed by atoms with E-state index in [4.69, 9.17) is 0 Å². The molecule has 1 saturated heterocycles. The van der Waals surface area contributed by atoms with Gasteiger partial charge in [-0.25, -0.2) is 0 Å². The maximum absolute atomic E-state index is 3.93. The molecule has 1 aliphatic rings. The minimum absolute atomic E-state index is 1.19. The molecule has 0 bridgehead atoms. The lowest BCUT2D eigenvalue weighted by Crippen LogP contribution is -1.83. The summed E-state index contributed by atoms with van der Waals surface area (Å²) in [6.45, 7) is 3.93. The molecule has 0 saturated carbocycles. The zero-order valence-electron chi connectivity index (χ0n) is 4.85. The van der Waals surface area contributed by atoms with Gasteiger partial charge in [-0.2, -0.15) is 23.5 Å². The van der Waals surface area contributed by atoms with Crippen molar-refractivity contribution in [3.05, 3.63) is 12.2 Å². The fraction of sp³-hybridized carbons (Fsp3) is 0.667. The summed E-state index contributed by atoms with van der Waals surface area (Å²) in [6.07, 6.45) is 0. The lowest BCUT2D eigenvalue weighted by molar-refractivity contribution is 1.47. The Balaban J connectivity index is 2.27. The van der Waals surface area contributed by atoms with Crippen LogP contribution in [0.2, 0.25) is 0 Å². The van der Waals surface area contributed by atoms with E-state index in [0.29, 0.717) is 0 Å². The third-order valence-corrected chi connectivity index (χ3v) is 3.45. The molecule has 0 N–H and O–H groups in total. The van der Waals surface area contributed by atoms with Crippen molar-refractivity contribution in [1.29, 1.82) is 0 Å². The van der Waals surface area contributed by atoms with Crippen molar-refractivity contribution in [2.75, 3.05) is 23.0 Å². The molecule has 0 aromatic carbocycles. The Kier molecular flexibility index (Phi) is 2.84. The summed E-state index contributed by atoms with van der Waals surface area (Å²) in [6, 6.07) is 0. The molecule has 0 unspecified atom stereocenters. The van der Waals surface area contributed by atoms with Crippen LogP contribution in [0, 0.1) is 0 Å². The van der Waals surface area contributed by atoms with Crippen LogP contribution in [0.1, 0.15) is 0 Å². The van der Waals surface area contributed by atoms with Gasteiger partial charge >= 0.3 is 0 Å². The first-order valence-electron chi connectivity index (χ1n) is 2.72. The van der Waals surface area contributed by atoms with E-state index in [1.54, 1.807) is 0 Å². The second kappa shape index (κ2) is 3.46. The van der Waals surface area contributed by atoms with E-state index in [0.717, 1.165) is 0 Å². The normalized spacial score (nSPS) is 22.8. The third-order valence-electron chi connectivity index (χ3n) is 0.984. The zero-order valence-corrected chi connectivity index (χ0v) is 6.49. The summed E-state index contributed by atoms with van der Waals surface area (Å²) in [5.74, 6) is 4.99. The summed E-state index contributed by atoms with van der Waals surface area (Å²) in [5.41, 5.74) is 1.40. The Hall–Kier alpha value is 0.440. The quantitative estimate of drug-likeness (QED) is 0.480. The topological polar surface area (TPSA) is 0 Å². The fourth-order valence-electron chi connectivity index (χ4n) is 0.593. The molecule has 46 valence electrons. The van der Waals surface area contributed by atoms with Crippen LogP contribution in [0.4, 0.5) is 0 Å². The Bertz CT molecular complexity index is 78.5. The third kappa shape index (κ3) is 2.14. The molecule has 1 aliphatic heterocycles. The second-order valence-corrected chi connectivity index (χ2v) is 4.07. The molecule has 0 atom stereocenters. The molecule has 0 radical (unpaired) electrons. The van der Waals surface area contributed by atoms with Gasteiger partial charge in [-0.05, 0) is 0 Å². The molecule has 0 amide bonds. The van der Waals surface area contributed by atoms with E-state index >= 15 is 0 Å². The minimum atomic E-state index is 1.19. The maximum atomic E-state index is 3.93. The van der Waals surface area contributed by atoms with E-state index in [1.165, 1.54) is 28.6 Å². The first kappa shape index (κ1) is 6.56. The highest BCUT2D eigenvalue weighted by molar-refractivity contribution is 8.03. The zero-order chi connectivity index (χ0) is 5.82. The minimum Gasteiger partial charge on any atom is -0.157 e. The molecule has 0 aromatic heterocycles. The van der Waals surface area contributed by atoms with Crippen LogP contribution in [0.3, 0.4) is 0 Å². The van der Waals surface area contributed by atoms with Gasteiger partial charge in [0.15, 0.2) is 0 Å². The van der Waals surface area contributed by atoms with Gasteiger partial charge in [0.1, 0.15) is 0 Å². The highest BCUT2D eigenvalue weighted by Gasteiger charge is 2.00. The van der Waals surface area contributed by atoms with Crippen LogP contribution < -0.4 is 0 Å². The van der Waals surface area contributed by atoms with E-state index in [9.17, 15) is 0 Å². The monoisotopic (exact) mass is 146 g/mol. The van der Waals surface area contributed by atoms with Crippen LogP contribution in [-0.2, 0) is 0 Å². The molecular weight excluding hydrogens is 136 g/mol. The molecule has 0 aliphatic carbocycles. The highest BCUT2D eigenvalue weighted by atomic mass is 32.2. The van der Waals surface area contributed by atoms with Crippen LogP contribution in [0.25, 0.3) is 0 Å². The van der Waals surface area contributed by atoms with Crippen molar-refractivity contribution in [1.82, 2.24) is 0 Å².